The van der Waals surface area contributed by atoms with E-state index in [0.29, 0.717) is 5.02 Å². The van der Waals surface area contributed by atoms with Crippen LogP contribution in [0.4, 0.5) is 0 Å². The summed E-state index contributed by atoms with van der Waals surface area (Å²) in [5.41, 5.74) is 0.874. The maximum atomic E-state index is 12.3. The topological polar surface area (TPSA) is 48.0 Å². The third-order valence-corrected chi connectivity index (χ3v) is 4.98. The minimum absolute atomic E-state index is 0.102. The third kappa shape index (κ3) is 5.26. The molecule has 112 valence electrons. The van der Waals surface area contributed by atoms with Crippen LogP contribution in [0.15, 0.2) is 24.9 Å². The van der Waals surface area contributed by atoms with E-state index in [4.69, 9.17) is 23.2 Å². The molecule has 1 N–H and O–H groups in total. The van der Waals surface area contributed by atoms with Crippen molar-refractivity contribution in [2.75, 3.05) is 0 Å². The Hall–Kier alpha value is -0.260. The van der Waals surface area contributed by atoms with Gasteiger partial charge in [0.25, 0.3) is 0 Å². The van der Waals surface area contributed by atoms with Gasteiger partial charge in [-0.05, 0) is 45.2 Å². The first kappa shape index (κ1) is 17.8. The van der Waals surface area contributed by atoms with Gasteiger partial charge >= 0.3 is 0 Å². The fourth-order valence-electron chi connectivity index (χ4n) is 1.51. The zero-order valence-electron chi connectivity index (χ0n) is 12.0. The summed E-state index contributed by atoms with van der Waals surface area (Å²) in [6.07, 6.45) is 5.07. The van der Waals surface area contributed by atoms with E-state index in [-0.39, 0.29) is 15.9 Å². The second kappa shape index (κ2) is 7.66. The molecule has 3 nitrogen and oxygen atoms in total. The minimum Gasteiger partial charge on any atom is -0.598 e. The van der Waals surface area contributed by atoms with Gasteiger partial charge < -0.3 is 4.55 Å². The van der Waals surface area contributed by atoms with Crippen molar-refractivity contribution in [1.82, 2.24) is 9.71 Å². The monoisotopic (exact) mass is 334 g/mol. The van der Waals surface area contributed by atoms with Crippen LogP contribution in [-0.2, 0) is 11.4 Å². The van der Waals surface area contributed by atoms with Gasteiger partial charge in [-0.1, -0.05) is 29.3 Å². The van der Waals surface area contributed by atoms with Gasteiger partial charge in [0.05, 0.1) is 11.1 Å². The lowest BCUT2D eigenvalue weighted by Gasteiger charge is -2.28. The molecule has 20 heavy (non-hydrogen) atoms. The Labute approximate surface area is 134 Å². The van der Waals surface area contributed by atoms with Gasteiger partial charge in [0.1, 0.15) is 9.90 Å². The van der Waals surface area contributed by atoms with E-state index in [9.17, 15) is 4.55 Å². The van der Waals surface area contributed by atoms with E-state index >= 15 is 0 Å². The number of halogens is 2. The van der Waals surface area contributed by atoms with E-state index in [1.165, 1.54) is 0 Å². The molecule has 0 fully saturated rings. The predicted octanol–water partition coefficient (Wildman–Crippen LogP) is 4.45. The summed E-state index contributed by atoms with van der Waals surface area (Å²) in [7, 11) is 0. The molecule has 0 bridgehead atoms. The highest BCUT2D eigenvalue weighted by molar-refractivity contribution is 7.90. The summed E-state index contributed by atoms with van der Waals surface area (Å²) < 4.78 is 15.1. The van der Waals surface area contributed by atoms with Gasteiger partial charge in [-0.2, -0.15) is 0 Å². The Balaban J connectivity index is 2.93. The average Bonchev–Trinajstić information content (AvgIpc) is 2.36. The van der Waals surface area contributed by atoms with Crippen LogP contribution in [0, 0.1) is 0 Å². The van der Waals surface area contributed by atoms with Crippen molar-refractivity contribution in [1.29, 1.82) is 0 Å². The first-order chi connectivity index (χ1) is 9.25. The summed E-state index contributed by atoms with van der Waals surface area (Å²) in [6, 6.07) is 1.66. The fraction of sp³-hybridized carbons (Fsp3) is 0.500. The van der Waals surface area contributed by atoms with Gasteiger partial charge in [0.2, 0.25) is 0 Å². The molecule has 0 aliphatic rings. The van der Waals surface area contributed by atoms with Crippen molar-refractivity contribution in [2.45, 2.75) is 44.4 Å². The molecule has 0 radical (unpaired) electrons. The molecule has 1 heterocycles. The van der Waals surface area contributed by atoms with Gasteiger partial charge in [-0.3, -0.25) is 0 Å². The quantitative estimate of drug-likeness (QED) is 0.475. The van der Waals surface area contributed by atoms with Crippen LogP contribution in [0.2, 0.25) is 10.2 Å². The molecule has 0 aliphatic heterocycles. The number of hydrogen-bond acceptors (Lipinski definition) is 3. The summed E-state index contributed by atoms with van der Waals surface area (Å²) in [5, 5.41) is 0.672. The second-order valence-electron chi connectivity index (χ2n) is 5.46. The summed E-state index contributed by atoms with van der Waals surface area (Å²) in [4.78, 5) is 4.05. The molecule has 0 saturated heterocycles. The average molecular weight is 335 g/mol. The molecule has 1 aromatic rings. The van der Waals surface area contributed by atoms with Crippen LogP contribution in [0.3, 0.4) is 0 Å². The Morgan fingerprint density at radius 2 is 2.15 bits per heavy atom. The number of allylic oxidation sites excluding steroid dienone is 1. The zero-order chi connectivity index (χ0) is 15.3. The predicted molar refractivity (Wildman–Crippen MR) is 87.5 cm³/mol. The van der Waals surface area contributed by atoms with Crippen LogP contribution in [0.25, 0.3) is 0 Å². The van der Waals surface area contributed by atoms with Gasteiger partial charge in [0.15, 0.2) is 0 Å². The maximum Gasteiger partial charge on any atom is 0.147 e. The van der Waals surface area contributed by atoms with Crippen LogP contribution in [-0.4, -0.2) is 14.3 Å². The standard InChI is InChI=1S/C14H20Cl2N2OS/c1-5-6-7-12(18-20(19)14(2,3)4)10-8-11(15)13(16)17-9-10/h5,8-9,12,18H,1,6-7H2,2-4H3/t12-,20?/m1/s1. The Kier molecular flexibility index (Phi) is 6.82. The van der Waals surface area contributed by atoms with E-state index < -0.39 is 11.4 Å². The molecule has 0 aliphatic carbocycles. The highest BCUT2D eigenvalue weighted by Gasteiger charge is 2.29. The molecule has 2 atom stereocenters. The van der Waals surface area contributed by atoms with Crippen molar-refractivity contribution in [3.05, 3.63) is 40.7 Å². The van der Waals surface area contributed by atoms with E-state index in [1.807, 2.05) is 26.8 Å². The number of aromatic nitrogens is 1. The molecular weight excluding hydrogens is 315 g/mol. The highest BCUT2D eigenvalue weighted by atomic mass is 35.5. The van der Waals surface area contributed by atoms with E-state index in [0.717, 1.165) is 18.4 Å². The molecule has 1 unspecified atom stereocenters. The third-order valence-electron chi connectivity index (χ3n) is 2.68. The Morgan fingerprint density at radius 3 is 2.65 bits per heavy atom. The molecule has 1 aromatic heterocycles. The Morgan fingerprint density at radius 1 is 1.50 bits per heavy atom. The molecule has 0 aromatic carbocycles. The van der Waals surface area contributed by atoms with Crippen molar-refractivity contribution < 1.29 is 4.55 Å². The first-order valence-electron chi connectivity index (χ1n) is 6.35. The summed E-state index contributed by atoms with van der Waals surface area (Å²) >= 11 is 10.7. The van der Waals surface area contributed by atoms with Crippen LogP contribution < -0.4 is 4.72 Å². The van der Waals surface area contributed by atoms with Crippen molar-refractivity contribution in [3.8, 4) is 0 Å². The fourth-order valence-corrected chi connectivity index (χ4v) is 2.65. The minimum atomic E-state index is -1.17. The molecule has 0 amide bonds. The van der Waals surface area contributed by atoms with Gasteiger partial charge in [-0.15, -0.1) is 11.3 Å². The second-order valence-corrected chi connectivity index (χ2v) is 8.22. The van der Waals surface area contributed by atoms with Gasteiger partial charge in [-0.25, -0.2) is 4.98 Å². The SMILES string of the molecule is C=CCC[C@@H](N[S+]([O-])C(C)(C)C)c1cnc(Cl)c(Cl)c1. The van der Waals surface area contributed by atoms with Crippen molar-refractivity contribution in [3.63, 3.8) is 0 Å². The molecule has 0 saturated carbocycles. The number of hydrogen-bond donors (Lipinski definition) is 1. The van der Waals surface area contributed by atoms with Gasteiger partial charge in [0, 0.05) is 17.6 Å². The first-order valence-corrected chi connectivity index (χ1v) is 8.26. The van der Waals surface area contributed by atoms with E-state index in [1.54, 1.807) is 12.3 Å². The van der Waals surface area contributed by atoms with Crippen molar-refractivity contribution >= 4 is 34.6 Å². The Bertz CT molecular complexity index is 463. The molecule has 6 heteroatoms. The summed E-state index contributed by atoms with van der Waals surface area (Å²) in [5.74, 6) is 0. The smallest absolute Gasteiger partial charge is 0.147 e. The normalized spacial score (nSPS) is 14.9. The van der Waals surface area contributed by atoms with E-state index in [2.05, 4.69) is 16.3 Å². The number of pyridine rings is 1. The molecular formula is C14H20Cl2N2OS. The van der Waals surface area contributed by atoms with Crippen molar-refractivity contribution in [2.24, 2.45) is 0 Å². The zero-order valence-corrected chi connectivity index (χ0v) is 14.3. The molecule has 1 rings (SSSR count). The largest absolute Gasteiger partial charge is 0.598 e. The lowest BCUT2D eigenvalue weighted by atomic mass is 10.1. The number of rotatable bonds is 6. The number of nitrogens with zero attached hydrogens (tertiary/aromatic N) is 1. The van der Waals surface area contributed by atoms with Crippen LogP contribution in [0.5, 0.6) is 0 Å². The maximum absolute atomic E-state index is 12.3. The number of nitrogens with one attached hydrogen (secondary N) is 1. The lowest BCUT2D eigenvalue weighted by Crippen LogP contribution is -2.41. The summed E-state index contributed by atoms with van der Waals surface area (Å²) in [6.45, 7) is 9.49. The van der Waals surface area contributed by atoms with Crippen LogP contribution in [0.1, 0.15) is 45.2 Å². The molecule has 0 spiro atoms. The van der Waals surface area contributed by atoms with Crippen LogP contribution >= 0.6 is 23.2 Å². The highest BCUT2D eigenvalue weighted by Crippen LogP contribution is 2.27. The lowest BCUT2D eigenvalue weighted by molar-refractivity contribution is 0.513.